The summed E-state index contributed by atoms with van der Waals surface area (Å²) in [6.45, 7) is 6.50. The molecule has 1 aromatic rings. The molecular formula is C20H26I2N2O6. The Morgan fingerprint density at radius 2 is 1.83 bits per heavy atom. The van der Waals surface area contributed by atoms with Crippen molar-refractivity contribution in [3.63, 3.8) is 0 Å². The summed E-state index contributed by atoms with van der Waals surface area (Å²) in [4.78, 5) is 37.0. The maximum atomic E-state index is 12.8. The normalized spacial score (nSPS) is 18.6. The third kappa shape index (κ3) is 7.22. The van der Waals surface area contributed by atoms with E-state index in [0.29, 0.717) is 19.6 Å². The number of carbonyl (C=O) groups excluding carboxylic acids is 3. The van der Waals surface area contributed by atoms with E-state index in [1.807, 2.05) is 45.2 Å². The van der Waals surface area contributed by atoms with E-state index in [4.69, 9.17) is 9.47 Å². The van der Waals surface area contributed by atoms with Gasteiger partial charge in [-0.05, 0) is 82.1 Å². The van der Waals surface area contributed by atoms with Gasteiger partial charge >= 0.3 is 5.97 Å². The van der Waals surface area contributed by atoms with Gasteiger partial charge in [-0.25, -0.2) is 4.79 Å². The minimum atomic E-state index is -0.949. The molecule has 0 bridgehead atoms. The van der Waals surface area contributed by atoms with Gasteiger partial charge in [-0.1, -0.05) is 13.8 Å². The lowest BCUT2D eigenvalue weighted by atomic mass is 10.0. The zero-order valence-corrected chi connectivity index (χ0v) is 21.4. The Bertz CT molecular complexity index is 778. The first-order chi connectivity index (χ1) is 14.1. The van der Waals surface area contributed by atoms with Crippen molar-refractivity contribution in [2.24, 2.45) is 5.92 Å². The van der Waals surface area contributed by atoms with Gasteiger partial charge in [0.2, 0.25) is 5.91 Å². The summed E-state index contributed by atoms with van der Waals surface area (Å²) in [6.07, 6.45) is -0.819. The number of benzene rings is 1. The molecular weight excluding hydrogens is 618 g/mol. The number of carbonyl (C=O) groups is 3. The molecule has 0 spiro atoms. The second kappa shape index (κ2) is 11.5. The fourth-order valence-electron chi connectivity index (χ4n) is 2.76. The lowest BCUT2D eigenvalue weighted by Crippen LogP contribution is -2.50. The number of phenols is 1. The SMILES string of the molecule is CCOC(=O)[C@@H]1O[C@H]1C(=O)N[C@@H](Cc1cc(I)c(O)c(I)c1)C(=O)NCCC(C)C. The number of hydrogen-bond acceptors (Lipinski definition) is 6. The van der Waals surface area contributed by atoms with Crippen LogP contribution in [0.2, 0.25) is 0 Å². The minimum absolute atomic E-state index is 0.186. The Morgan fingerprint density at radius 1 is 1.20 bits per heavy atom. The molecule has 2 amide bonds. The molecule has 0 saturated carbocycles. The Balaban J connectivity index is 2.08. The number of phenolic OH excluding ortho intramolecular Hbond substituents is 1. The van der Waals surface area contributed by atoms with Crippen LogP contribution < -0.4 is 10.6 Å². The molecule has 1 fully saturated rings. The summed E-state index contributed by atoms with van der Waals surface area (Å²) in [5.74, 6) is -0.803. The van der Waals surface area contributed by atoms with Crippen LogP contribution in [-0.4, -0.2) is 54.3 Å². The van der Waals surface area contributed by atoms with E-state index >= 15 is 0 Å². The zero-order chi connectivity index (χ0) is 22.4. The van der Waals surface area contributed by atoms with Gasteiger partial charge < -0.3 is 25.2 Å². The maximum absolute atomic E-state index is 12.8. The zero-order valence-electron chi connectivity index (χ0n) is 17.0. The van der Waals surface area contributed by atoms with Crippen LogP contribution >= 0.6 is 45.2 Å². The quantitative estimate of drug-likeness (QED) is 0.204. The predicted molar refractivity (Wildman–Crippen MR) is 127 cm³/mol. The Hall–Kier alpha value is -1.15. The molecule has 0 aliphatic carbocycles. The number of esters is 1. The van der Waals surface area contributed by atoms with Crippen LogP contribution in [0.3, 0.4) is 0 Å². The molecule has 3 N–H and O–H groups in total. The van der Waals surface area contributed by atoms with Crippen LogP contribution in [0.4, 0.5) is 0 Å². The van der Waals surface area contributed by atoms with E-state index in [2.05, 4.69) is 24.5 Å². The van der Waals surface area contributed by atoms with Crippen molar-refractivity contribution < 1.29 is 29.0 Å². The van der Waals surface area contributed by atoms with Gasteiger partial charge in [-0.15, -0.1) is 0 Å². The Morgan fingerprint density at radius 3 is 2.40 bits per heavy atom. The fraction of sp³-hybridized carbons (Fsp3) is 0.550. The van der Waals surface area contributed by atoms with Crippen LogP contribution in [0, 0.1) is 13.1 Å². The average Bonchev–Trinajstić information content (AvgIpc) is 3.46. The first kappa shape index (κ1) is 25.1. The van der Waals surface area contributed by atoms with Gasteiger partial charge in [0.05, 0.1) is 13.7 Å². The van der Waals surface area contributed by atoms with Crippen LogP contribution in [0.5, 0.6) is 5.75 Å². The van der Waals surface area contributed by atoms with Gasteiger partial charge in [0, 0.05) is 13.0 Å². The first-order valence-electron chi connectivity index (χ1n) is 9.71. The third-order valence-electron chi connectivity index (χ3n) is 4.44. The number of halogens is 2. The summed E-state index contributed by atoms with van der Waals surface area (Å²) in [7, 11) is 0. The molecule has 1 aliphatic heterocycles. The van der Waals surface area contributed by atoms with Gasteiger partial charge in [-0.2, -0.15) is 0 Å². The van der Waals surface area contributed by atoms with Crippen LogP contribution in [-0.2, 0) is 30.3 Å². The molecule has 30 heavy (non-hydrogen) atoms. The van der Waals surface area contributed by atoms with Crippen molar-refractivity contribution >= 4 is 63.0 Å². The number of hydrogen-bond donors (Lipinski definition) is 3. The lowest BCUT2D eigenvalue weighted by molar-refractivity contribution is -0.144. The summed E-state index contributed by atoms with van der Waals surface area (Å²) in [6, 6.07) is 2.70. The van der Waals surface area contributed by atoms with Crippen molar-refractivity contribution in [2.75, 3.05) is 13.2 Å². The van der Waals surface area contributed by atoms with E-state index in [1.54, 1.807) is 19.1 Å². The summed E-state index contributed by atoms with van der Waals surface area (Å²) < 4.78 is 11.3. The van der Waals surface area contributed by atoms with Crippen molar-refractivity contribution in [1.29, 1.82) is 0 Å². The summed E-state index contributed by atoms with van der Waals surface area (Å²) >= 11 is 4.04. The standard InChI is InChI=1S/C20H26I2N2O6/c1-4-29-20(28)17-16(30-17)19(27)24-14(18(26)23-6-5-10(2)3)9-11-7-12(21)15(25)13(22)8-11/h7-8,10,14,16-17,25H,4-6,9H2,1-3H3,(H,23,26)(H,24,27)/t14-,16+,17+/m0/s1. The lowest BCUT2D eigenvalue weighted by Gasteiger charge is -2.19. The van der Waals surface area contributed by atoms with Crippen molar-refractivity contribution in [1.82, 2.24) is 10.6 Å². The fourth-order valence-corrected chi connectivity index (χ4v) is 4.65. The number of rotatable bonds is 10. The van der Waals surface area contributed by atoms with Crippen LogP contribution in [0.1, 0.15) is 32.8 Å². The average molecular weight is 644 g/mol. The molecule has 1 aromatic carbocycles. The van der Waals surface area contributed by atoms with Crippen LogP contribution in [0.25, 0.3) is 0 Å². The van der Waals surface area contributed by atoms with E-state index in [0.717, 1.165) is 12.0 Å². The highest BCUT2D eigenvalue weighted by atomic mass is 127. The molecule has 2 rings (SSSR count). The molecule has 8 nitrogen and oxygen atoms in total. The second-order valence-corrected chi connectivity index (χ2v) is 9.70. The second-order valence-electron chi connectivity index (χ2n) is 7.38. The van der Waals surface area contributed by atoms with Crippen molar-refractivity contribution in [3.8, 4) is 5.75 Å². The highest BCUT2D eigenvalue weighted by Gasteiger charge is 2.52. The monoisotopic (exact) mass is 644 g/mol. The molecule has 1 aliphatic rings. The van der Waals surface area contributed by atoms with Crippen LogP contribution in [0.15, 0.2) is 12.1 Å². The van der Waals surface area contributed by atoms with Gasteiger partial charge in [0.1, 0.15) is 11.8 Å². The van der Waals surface area contributed by atoms with E-state index in [1.165, 1.54) is 0 Å². The minimum Gasteiger partial charge on any atom is -0.506 e. The summed E-state index contributed by atoms with van der Waals surface area (Å²) in [5.41, 5.74) is 0.796. The first-order valence-corrected chi connectivity index (χ1v) is 11.9. The topological polar surface area (TPSA) is 117 Å². The van der Waals surface area contributed by atoms with Crippen molar-refractivity contribution in [2.45, 2.75) is 51.9 Å². The molecule has 1 saturated heterocycles. The molecule has 166 valence electrons. The van der Waals surface area contributed by atoms with E-state index < -0.39 is 30.1 Å². The molecule has 0 radical (unpaired) electrons. The van der Waals surface area contributed by atoms with Gasteiger partial charge in [-0.3, -0.25) is 9.59 Å². The van der Waals surface area contributed by atoms with Crippen molar-refractivity contribution in [3.05, 3.63) is 24.8 Å². The predicted octanol–water partition coefficient (Wildman–Crippen LogP) is 2.12. The molecule has 1 heterocycles. The number of amides is 2. The third-order valence-corrected chi connectivity index (χ3v) is 6.08. The van der Waals surface area contributed by atoms with E-state index in [9.17, 15) is 19.5 Å². The highest BCUT2D eigenvalue weighted by Crippen LogP contribution is 2.28. The van der Waals surface area contributed by atoms with Gasteiger partial charge in [0.25, 0.3) is 5.91 Å². The number of ether oxygens (including phenoxy) is 2. The molecule has 3 atom stereocenters. The highest BCUT2D eigenvalue weighted by molar-refractivity contribution is 14.1. The smallest absolute Gasteiger partial charge is 0.338 e. The Labute approximate surface area is 203 Å². The number of epoxide rings is 1. The number of aromatic hydroxyl groups is 1. The van der Waals surface area contributed by atoms with E-state index in [-0.39, 0.29) is 24.7 Å². The number of nitrogens with one attached hydrogen (secondary N) is 2. The Kier molecular flexibility index (Phi) is 9.60. The molecule has 10 heteroatoms. The molecule has 0 unspecified atom stereocenters. The largest absolute Gasteiger partial charge is 0.506 e. The maximum Gasteiger partial charge on any atom is 0.338 e. The van der Waals surface area contributed by atoms with Gasteiger partial charge in [0.15, 0.2) is 12.2 Å². The molecule has 0 aromatic heterocycles. The summed E-state index contributed by atoms with van der Waals surface area (Å²) in [5, 5.41) is 15.5.